The lowest BCUT2D eigenvalue weighted by molar-refractivity contribution is 0.506. The molecule has 0 radical (unpaired) electrons. The third-order valence-electron chi connectivity index (χ3n) is 2.66. The number of nitrogens with one attached hydrogen (secondary N) is 1. The van der Waals surface area contributed by atoms with Gasteiger partial charge in [0.2, 0.25) is 0 Å². The number of rotatable bonds is 4. The highest BCUT2D eigenvalue weighted by Gasteiger charge is 2.17. The molecule has 3 N–H and O–H groups in total. The fourth-order valence-electron chi connectivity index (χ4n) is 1.80. The van der Waals surface area contributed by atoms with Gasteiger partial charge in [0.15, 0.2) is 0 Å². The number of nitrogens with zero attached hydrogens (tertiary/aromatic N) is 3. The first-order valence-corrected chi connectivity index (χ1v) is 6.04. The van der Waals surface area contributed by atoms with E-state index >= 15 is 0 Å². The fourth-order valence-corrected chi connectivity index (χ4v) is 2.43. The van der Waals surface area contributed by atoms with Crippen molar-refractivity contribution in [2.45, 2.75) is 12.5 Å². The predicted octanol–water partition coefficient (Wildman–Crippen LogP) is 1.32. The van der Waals surface area contributed by atoms with E-state index in [0.29, 0.717) is 0 Å². The first-order chi connectivity index (χ1) is 8.22. The molecule has 0 saturated heterocycles. The van der Waals surface area contributed by atoms with Crippen LogP contribution in [-0.2, 0) is 13.5 Å². The fraction of sp³-hybridized carbons (Fsp3) is 0.273. The predicted molar refractivity (Wildman–Crippen MR) is 68.9 cm³/mol. The van der Waals surface area contributed by atoms with E-state index in [1.54, 1.807) is 18.6 Å². The number of hydrogen-bond acceptors (Lipinski definition) is 4. The molecule has 0 amide bonds. The third-order valence-corrected chi connectivity index (χ3v) is 3.27. The number of pyridine rings is 1. The van der Waals surface area contributed by atoms with Gasteiger partial charge in [-0.2, -0.15) is 5.10 Å². The summed E-state index contributed by atoms with van der Waals surface area (Å²) in [5.41, 5.74) is 5.03. The van der Waals surface area contributed by atoms with E-state index in [9.17, 15) is 0 Å². The molecular weight excluding hydrogens is 282 g/mol. The van der Waals surface area contributed by atoms with E-state index in [0.717, 1.165) is 16.6 Å². The van der Waals surface area contributed by atoms with Gasteiger partial charge in [0.05, 0.1) is 22.4 Å². The van der Waals surface area contributed by atoms with E-state index in [4.69, 9.17) is 5.84 Å². The van der Waals surface area contributed by atoms with Crippen LogP contribution in [0, 0.1) is 0 Å². The molecule has 5 nitrogen and oxygen atoms in total. The molecule has 0 aliphatic heterocycles. The molecule has 90 valence electrons. The number of nitrogens with two attached hydrogens (primary N) is 1. The molecule has 2 heterocycles. The maximum atomic E-state index is 5.62. The van der Waals surface area contributed by atoms with E-state index in [1.807, 2.05) is 23.9 Å². The Morgan fingerprint density at radius 3 is 2.71 bits per heavy atom. The van der Waals surface area contributed by atoms with Gasteiger partial charge in [-0.25, -0.2) is 0 Å². The number of hydrogen-bond donors (Lipinski definition) is 2. The second-order valence-corrected chi connectivity index (χ2v) is 4.63. The molecule has 0 fully saturated rings. The van der Waals surface area contributed by atoms with E-state index < -0.39 is 0 Å². The highest BCUT2D eigenvalue weighted by molar-refractivity contribution is 9.10. The van der Waals surface area contributed by atoms with Crippen molar-refractivity contribution in [3.63, 3.8) is 0 Å². The highest BCUT2D eigenvalue weighted by atomic mass is 79.9. The summed E-state index contributed by atoms with van der Waals surface area (Å²) in [5, 5.41) is 4.19. The Balaban J connectivity index is 2.23. The zero-order valence-corrected chi connectivity index (χ0v) is 11.1. The van der Waals surface area contributed by atoms with Crippen LogP contribution in [0.5, 0.6) is 0 Å². The van der Waals surface area contributed by atoms with Gasteiger partial charge in [-0.15, -0.1) is 0 Å². The minimum atomic E-state index is 0.0132. The highest BCUT2D eigenvalue weighted by Crippen LogP contribution is 2.24. The zero-order chi connectivity index (χ0) is 12.3. The lowest BCUT2D eigenvalue weighted by Crippen LogP contribution is -2.31. The number of aromatic nitrogens is 3. The van der Waals surface area contributed by atoms with Gasteiger partial charge < -0.3 is 0 Å². The quantitative estimate of drug-likeness (QED) is 0.659. The lowest BCUT2D eigenvalue weighted by Gasteiger charge is -2.17. The zero-order valence-electron chi connectivity index (χ0n) is 9.47. The Morgan fingerprint density at radius 2 is 2.18 bits per heavy atom. The molecule has 0 aliphatic rings. The van der Waals surface area contributed by atoms with Gasteiger partial charge >= 0.3 is 0 Å². The summed E-state index contributed by atoms with van der Waals surface area (Å²) in [6.07, 6.45) is 6.12. The minimum Gasteiger partial charge on any atom is -0.271 e. The molecule has 1 atom stereocenters. The molecular formula is C11H14BrN5. The van der Waals surface area contributed by atoms with Crippen LogP contribution >= 0.6 is 15.9 Å². The Morgan fingerprint density at radius 1 is 1.47 bits per heavy atom. The van der Waals surface area contributed by atoms with E-state index in [2.05, 4.69) is 31.4 Å². The third kappa shape index (κ3) is 2.71. The molecule has 17 heavy (non-hydrogen) atoms. The molecule has 6 heteroatoms. The summed E-state index contributed by atoms with van der Waals surface area (Å²) >= 11 is 3.48. The van der Waals surface area contributed by atoms with Crippen LogP contribution < -0.4 is 11.3 Å². The van der Waals surface area contributed by atoms with Gasteiger partial charge in [-0.1, -0.05) is 0 Å². The normalized spacial score (nSPS) is 12.6. The molecule has 2 aromatic heterocycles. The lowest BCUT2D eigenvalue weighted by atomic mass is 10.1. The average molecular weight is 296 g/mol. The second-order valence-electron chi connectivity index (χ2n) is 3.78. The molecule has 0 bridgehead atoms. The largest absolute Gasteiger partial charge is 0.271 e. The molecule has 0 aromatic carbocycles. The topological polar surface area (TPSA) is 68.8 Å². The van der Waals surface area contributed by atoms with E-state index in [1.165, 1.54) is 5.56 Å². The summed E-state index contributed by atoms with van der Waals surface area (Å²) in [4.78, 5) is 4.00. The van der Waals surface area contributed by atoms with Crippen LogP contribution in [0.3, 0.4) is 0 Å². The van der Waals surface area contributed by atoms with E-state index in [-0.39, 0.29) is 6.04 Å². The monoisotopic (exact) mass is 295 g/mol. The molecule has 2 aromatic rings. The molecule has 0 spiro atoms. The van der Waals surface area contributed by atoms with Crippen molar-refractivity contribution in [3.8, 4) is 0 Å². The van der Waals surface area contributed by atoms with Crippen LogP contribution in [-0.4, -0.2) is 14.8 Å². The first kappa shape index (κ1) is 12.2. The maximum absolute atomic E-state index is 5.62. The van der Waals surface area contributed by atoms with Crippen LogP contribution in [0.15, 0.2) is 35.2 Å². The summed E-state index contributed by atoms with van der Waals surface area (Å²) in [5.74, 6) is 5.62. The summed E-state index contributed by atoms with van der Waals surface area (Å²) < 4.78 is 2.77. The van der Waals surface area contributed by atoms with Crippen LogP contribution in [0.4, 0.5) is 0 Å². The van der Waals surface area contributed by atoms with Gasteiger partial charge in [0, 0.05) is 19.4 Å². The van der Waals surface area contributed by atoms with Crippen molar-refractivity contribution in [1.29, 1.82) is 0 Å². The number of aryl methyl sites for hydroxylation is 1. The second kappa shape index (κ2) is 5.39. The van der Waals surface area contributed by atoms with Crippen LogP contribution in [0.2, 0.25) is 0 Å². The van der Waals surface area contributed by atoms with Gasteiger partial charge in [-0.3, -0.25) is 20.9 Å². The maximum Gasteiger partial charge on any atom is 0.0709 e. The number of halogens is 1. The van der Waals surface area contributed by atoms with Crippen molar-refractivity contribution in [3.05, 3.63) is 46.5 Å². The van der Waals surface area contributed by atoms with Crippen LogP contribution in [0.25, 0.3) is 0 Å². The summed E-state index contributed by atoms with van der Waals surface area (Å²) in [6, 6.07) is 3.97. The average Bonchev–Trinajstić information content (AvgIpc) is 2.68. The Labute approximate surface area is 108 Å². The van der Waals surface area contributed by atoms with Crippen LogP contribution in [0.1, 0.15) is 17.3 Å². The molecule has 0 saturated carbocycles. The van der Waals surface area contributed by atoms with Crippen molar-refractivity contribution in [2.75, 3.05) is 0 Å². The standard InChI is InChI=1S/C11H14BrN5/c1-17-11(9(12)7-15-17)10(16-13)6-8-2-4-14-5-3-8/h2-5,7,10,16H,6,13H2,1H3. The Bertz CT molecular complexity index is 462. The van der Waals surface area contributed by atoms with Crippen molar-refractivity contribution in [1.82, 2.24) is 20.2 Å². The van der Waals surface area contributed by atoms with Crippen molar-refractivity contribution in [2.24, 2.45) is 12.9 Å². The smallest absolute Gasteiger partial charge is 0.0709 e. The van der Waals surface area contributed by atoms with Gasteiger partial charge in [-0.05, 0) is 40.0 Å². The first-order valence-electron chi connectivity index (χ1n) is 5.24. The van der Waals surface area contributed by atoms with Crippen molar-refractivity contribution < 1.29 is 0 Å². The van der Waals surface area contributed by atoms with Crippen molar-refractivity contribution >= 4 is 15.9 Å². The Hall–Kier alpha value is -1.24. The summed E-state index contributed by atoms with van der Waals surface area (Å²) in [7, 11) is 1.90. The van der Waals surface area contributed by atoms with Gasteiger partial charge in [0.1, 0.15) is 0 Å². The number of hydrazine groups is 1. The SMILES string of the molecule is Cn1ncc(Br)c1C(Cc1ccncc1)NN. The summed E-state index contributed by atoms with van der Waals surface area (Å²) in [6.45, 7) is 0. The molecule has 1 unspecified atom stereocenters. The molecule has 2 rings (SSSR count). The van der Waals surface area contributed by atoms with Gasteiger partial charge in [0.25, 0.3) is 0 Å². The Kier molecular flexibility index (Phi) is 3.88. The minimum absolute atomic E-state index is 0.0132. The molecule has 0 aliphatic carbocycles.